The number of aromatic amines is 1. The van der Waals surface area contributed by atoms with Gasteiger partial charge in [-0.15, -0.1) is 0 Å². The molecular weight excluding hydrogens is 239 g/mol. The lowest BCUT2D eigenvalue weighted by molar-refractivity contribution is 0.628. The molecule has 1 aliphatic heterocycles. The van der Waals surface area contributed by atoms with Gasteiger partial charge < -0.3 is 4.98 Å². The summed E-state index contributed by atoms with van der Waals surface area (Å²) in [5, 5.41) is 0. The van der Waals surface area contributed by atoms with Crippen molar-refractivity contribution >= 4 is 16.7 Å². The number of nitrogens with one attached hydrogen (secondary N) is 1. The van der Waals surface area contributed by atoms with Gasteiger partial charge >= 0.3 is 0 Å². The molecule has 0 saturated carbocycles. The lowest BCUT2D eigenvalue weighted by atomic mass is 10.1. The van der Waals surface area contributed by atoms with Crippen LogP contribution in [-0.2, 0) is 11.0 Å². The van der Waals surface area contributed by atoms with E-state index < -0.39 is 11.0 Å². The van der Waals surface area contributed by atoms with Gasteiger partial charge in [0, 0.05) is 18.3 Å². The maximum absolute atomic E-state index is 13.3. The van der Waals surface area contributed by atoms with E-state index in [1.165, 1.54) is 12.1 Å². The summed E-state index contributed by atoms with van der Waals surface area (Å²) in [5.41, 5.74) is 3.22. The van der Waals surface area contributed by atoms with Crippen molar-refractivity contribution in [2.24, 2.45) is 0 Å². The Labute approximate surface area is 101 Å². The Morgan fingerprint density at radius 2 is 2.12 bits per heavy atom. The zero-order valence-corrected chi connectivity index (χ0v) is 10.3. The van der Waals surface area contributed by atoms with E-state index in [0.29, 0.717) is 4.90 Å². The van der Waals surface area contributed by atoms with Crippen LogP contribution in [0, 0.1) is 12.7 Å². The van der Waals surface area contributed by atoms with E-state index in [1.807, 2.05) is 13.0 Å². The Bertz CT molecular complexity index is 635. The predicted molar refractivity (Wildman–Crippen MR) is 65.7 cm³/mol. The largest absolute Gasteiger partial charge is 0.358 e. The molecule has 0 fully saturated rings. The molecule has 0 saturated heterocycles. The Hall–Kier alpha value is -1.62. The second-order valence-electron chi connectivity index (χ2n) is 4.10. The summed E-state index contributed by atoms with van der Waals surface area (Å²) in [6.45, 7) is 1.90. The third-order valence-electron chi connectivity index (χ3n) is 2.92. The van der Waals surface area contributed by atoms with Crippen LogP contribution in [0.5, 0.6) is 0 Å². The zero-order valence-electron chi connectivity index (χ0n) is 9.45. The molecule has 1 N–H and O–H groups in total. The van der Waals surface area contributed by atoms with E-state index >= 15 is 0 Å². The minimum atomic E-state index is -1.23. The highest BCUT2D eigenvalue weighted by molar-refractivity contribution is 7.86. The van der Waals surface area contributed by atoms with E-state index in [1.54, 1.807) is 17.4 Å². The normalized spacial score (nSPS) is 17.8. The van der Waals surface area contributed by atoms with Crippen LogP contribution in [0.4, 0.5) is 10.1 Å². The topological polar surface area (TPSA) is 36.1 Å². The van der Waals surface area contributed by atoms with Crippen molar-refractivity contribution in [1.29, 1.82) is 0 Å². The average molecular weight is 250 g/mol. The smallest absolute Gasteiger partial charge is 0.154 e. The highest BCUT2D eigenvalue weighted by atomic mass is 32.2. The Balaban J connectivity index is 2.36. The van der Waals surface area contributed by atoms with Gasteiger partial charge in [0.15, 0.2) is 11.0 Å². The fourth-order valence-electron chi connectivity index (χ4n) is 2.12. The molecule has 3 nitrogen and oxygen atoms in total. The molecule has 2 heterocycles. The molecule has 17 heavy (non-hydrogen) atoms. The molecular formula is C12H11FN2OS. The van der Waals surface area contributed by atoms with Crippen molar-refractivity contribution in [3.63, 3.8) is 0 Å². The summed E-state index contributed by atoms with van der Waals surface area (Å²) in [4.78, 5) is 3.86. The van der Waals surface area contributed by atoms with Gasteiger partial charge in [-0.3, -0.25) is 4.31 Å². The van der Waals surface area contributed by atoms with Gasteiger partial charge in [0.05, 0.1) is 16.3 Å². The molecule has 1 unspecified atom stereocenters. The summed E-state index contributed by atoms with van der Waals surface area (Å²) < 4.78 is 27.2. The number of fused-ring (bicyclic) bond motifs is 3. The molecule has 2 aromatic rings. The fraction of sp³-hybridized carbons (Fsp3) is 0.167. The van der Waals surface area contributed by atoms with Crippen LogP contribution in [0.2, 0.25) is 0 Å². The van der Waals surface area contributed by atoms with Crippen LogP contribution in [0.3, 0.4) is 0 Å². The minimum Gasteiger partial charge on any atom is -0.358 e. The van der Waals surface area contributed by atoms with Gasteiger partial charge in [-0.05, 0) is 31.2 Å². The second kappa shape index (κ2) is 3.43. The Morgan fingerprint density at radius 1 is 1.35 bits per heavy atom. The van der Waals surface area contributed by atoms with Crippen LogP contribution >= 0.6 is 0 Å². The van der Waals surface area contributed by atoms with Crippen molar-refractivity contribution in [2.75, 3.05) is 11.4 Å². The van der Waals surface area contributed by atoms with Gasteiger partial charge in [-0.1, -0.05) is 0 Å². The van der Waals surface area contributed by atoms with Crippen LogP contribution in [0.25, 0.3) is 11.3 Å². The van der Waals surface area contributed by atoms with Crippen molar-refractivity contribution < 1.29 is 8.60 Å². The quantitative estimate of drug-likeness (QED) is 0.766. The van der Waals surface area contributed by atoms with Crippen molar-refractivity contribution in [2.45, 2.75) is 11.8 Å². The summed E-state index contributed by atoms with van der Waals surface area (Å²) >= 11 is 0. The lowest BCUT2D eigenvalue weighted by Crippen LogP contribution is -2.24. The van der Waals surface area contributed by atoms with E-state index in [9.17, 15) is 8.60 Å². The van der Waals surface area contributed by atoms with Crippen molar-refractivity contribution in [1.82, 2.24) is 4.98 Å². The first-order valence-corrected chi connectivity index (χ1v) is 6.34. The van der Waals surface area contributed by atoms with Gasteiger partial charge in [0.1, 0.15) is 5.82 Å². The number of H-pyrrole nitrogens is 1. The molecule has 88 valence electrons. The highest BCUT2D eigenvalue weighted by Gasteiger charge is 2.27. The SMILES string of the molecule is Cc1cc2c([nH]1)-c1cc(F)ccc1N(C)S2=O. The van der Waals surface area contributed by atoms with Crippen LogP contribution < -0.4 is 4.31 Å². The van der Waals surface area contributed by atoms with Gasteiger partial charge in [-0.2, -0.15) is 0 Å². The van der Waals surface area contributed by atoms with Crippen LogP contribution in [0.15, 0.2) is 29.2 Å². The summed E-state index contributed by atoms with van der Waals surface area (Å²) in [6, 6.07) is 6.35. The van der Waals surface area contributed by atoms with E-state index in [2.05, 4.69) is 4.98 Å². The molecule has 0 bridgehead atoms. The number of rotatable bonds is 0. The van der Waals surface area contributed by atoms with Gasteiger partial charge in [-0.25, -0.2) is 8.60 Å². The third kappa shape index (κ3) is 1.42. The molecule has 0 amide bonds. The fourth-order valence-corrected chi connectivity index (χ4v) is 3.37. The number of hydrogen-bond acceptors (Lipinski definition) is 1. The number of anilines is 1. The number of halogens is 1. The highest BCUT2D eigenvalue weighted by Crippen LogP contribution is 2.40. The van der Waals surface area contributed by atoms with E-state index in [0.717, 1.165) is 22.6 Å². The molecule has 1 atom stereocenters. The molecule has 3 rings (SSSR count). The van der Waals surface area contributed by atoms with Gasteiger partial charge in [0.25, 0.3) is 0 Å². The standard InChI is InChI=1S/C12H11FN2OS/c1-7-5-11-12(14-7)9-6-8(13)3-4-10(9)15(2)17(11)16/h3-6,14H,1-2H3. The number of aryl methyl sites for hydroxylation is 1. The average Bonchev–Trinajstić information content (AvgIpc) is 2.68. The first-order chi connectivity index (χ1) is 8.08. The maximum Gasteiger partial charge on any atom is 0.154 e. The van der Waals surface area contributed by atoms with Crippen molar-refractivity contribution in [3.8, 4) is 11.3 Å². The lowest BCUT2D eigenvalue weighted by Gasteiger charge is -2.25. The summed E-state index contributed by atoms with van der Waals surface area (Å²) in [7, 11) is 0.521. The number of aromatic nitrogens is 1. The summed E-state index contributed by atoms with van der Waals surface area (Å²) in [6.07, 6.45) is 0. The van der Waals surface area contributed by atoms with E-state index in [4.69, 9.17) is 0 Å². The molecule has 5 heteroatoms. The third-order valence-corrected chi connectivity index (χ3v) is 4.31. The van der Waals surface area contributed by atoms with Crippen LogP contribution in [-0.4, -0.2) is 16.2 Å². The second-order valence-corrected chi connectivity index (χ2v) is 5.59. The Morgan fingerprint density at radius 3 is 2.88 bits per heavy atom. The first-order valence-electron chi connectivity index (χ1n) is 5.23. The number of hydrogen-bond donors (Lipinski definition) is 1. The molecule has 0 spiro atoms. The first kappa shape index (κ1) is 10.5. The van der Waals surface area contributed by atoms with Gasteiger partial charge in [0.2, 0.25) is 0 Å². The molecule has 0 radical (unpaired) electrons. The minimum absolute atomic E-state index is 0.289. The molecule has 1 aromatic heterocycles. The predicted octanol–water partition coefficient (Wildman–Crippen LogP) is 2.60. The van der Waals surface area contributed by atoms with E-state index in [-0.39, 0.29) is 5.82 Å². The maximum atomic E-state index is 13.3. The Kier molecular flexibility index (Phi) is 2.13. The molecule has 0 aliphatic carbocycles. The zero-order chi connectivity index (χ0) is 12.2. The number of benzene rings is 1. The monoisotopic (exact) mass is 250 g/mol. The molecule has 1 aromatic carbocycles. The van der Waals surface area contributed by atoms with Crippen LogP contribution in [0.1, 0.15) is 5.69 Å². The molecule has 1 aliphatic rings. The number of nitrogens with zero attached hydrogens (tertiary/aromatic N) is 1. The van der Waals surface area contributed by atoms with Crippen molar-refractivity contribution in [3.05, 3.63) is 35.8 Å². The summed E-state index contributed by atoms with van der Waals surface area (Å²) in [5.74, 6) is -0.289.